The monoisotopic (exact) mass is 243 g/mol. The second-order valence-electron chi connectivity index (χ2n) is 5.27. The fraction of sp³-hybridized carbons (Fsp3) is 0.533. The van der Waals surface area contributed by atoms with Gasteiger partial charge in [0.05, 0.1) is 23.0 Å². The lowest BCUT2D eigenvalue weighted by molar-refractivity contribution is 0.392. The van der Waals surface area contributed by atoms with Crippen molar-refractivity contribution >= 4 is 11.4 Å². The topological polar surface area (TPSA) is 61.8 Å². The van der Waals surface area contributed by atoms with Crippen LogP contribution < -0.4 is 11.1 Å². The average molecular weight is 243 g/mol. The van der Waals surface area contributed by atoms with Gasteiger partial charge in [-0.3, -0.25) is 0 Å². The van der Waals surface area contributed by atoms with Crippen LogP contribution in [0.25, 0.3) is 0 Å². The molecule has 0 heterocycles. The summed E-state index contributed by atoms with van der Waals surface area (Å²) in [6, 6.07) is 8.04. The number of nitriles is 1. The van der Waals surface area contributed by atoms with E-state index >= 15 is 0 Å². The molecule has 1 saturated carbocycles. The molecule has 1 aliphatic carbocycles. The van der Waals surface area contributed by atoms with Crippen molar-refractivity contribution in [3.05, 3.63) is 23.8 Å². The molecule has 3 heteroatoms. The van der Waals surface area contributed by atoms with Crippen molar-refractivity contribution in [1.29, 1.82) is 5.26 Å². The molecule has 1 fully saturated rings. The minimum atomic E-state index is 0.478. The largest absolute Gasteiger partial charge is 0.397 e. The summed E-state index contributed by atoms with van der Waals surface area (Å²) in [5.41, 5.74) is 8.25. The first kappa shape index (κ1) is 12.8. The first-order valence-electron chi connectivity index (χ1n) is 6.71. The maximum atomic E-state index is 8.93. The molecule has 0 amide bonds. The minimum Gasteiger partial charge on any atom is -0.397 e. The Bertz CT molecular complexity index is 461. The number of anilines is 2. The lowest BCUT2D eigenvalue weighted by Crippen LogP contribution is -2.25. The van der Waals surface area contributed by atoms with Crippen molar-refractivity contribution in [2.45, 2.75) is 39.2 Å². The molecule has 0 saturated heterocycles. The molecule has 0 radical (unpaired) electrons. The second kappa shape index (κ2) is 5.30. The van der Waals surface area contributed by atoms with Gasteiger partial charge in [0.2, 0.25) is 0 Å². The smallest absolute Gasteiger partial charge is 0.0992 e. The molecule has 3 N–H and O–H groups in total. The highest BCUT2D eigenvalue weighted by Crippen LogP contribution is 2.36. The van der Waals surface area contributed by atoms with Crippen molar-refractivity contribution < 1.29 is 0 Å². The van der Waals surface area contributed by atoms with E-state index in [9.17, 15) is 0 Å². The summed E-state index contributed by atoms with van der Waals surface area (Å²) >= 11 is 0. The molecule has 3 nitrogen and oxygen atoms in total. The van der Waals surface area contributed by atoms with Gasteiger partial charge in [-0.25, -0.2) is 0 Å². The van der Waals surface area contributed by atoms with Crippen LogP contribution in [0.5, 0.6) is 0 Å². The molecule has 0 aromatic heterocycles. The fourth-order valence-electron chi connectivity index (χ4n) is 2.98. The van der Waals surface area contributed by atoms with Crippen LogP contribution in [0.2, 0.25) is 0 Å². The standard InChI is InChI=1S/C15H21N3/c1-3-12-5-7-14(10(12)2)18-15-8-11(9-16)4-6-13(15)17/h4,6,8,10,12,14,18H,3,5,7,17H2,1-2H3. The molecule has 18 heavy (non-hydrogen) atoms. The summed E-state index contributed by atoms with van der Waals surface area (Å²) in [5.74, 6) is 1.48. The third-order valence-electron chi connectivity index (χ3n) is 4.27. The van der Waals surface area contributed by atoms with Crippen molar-refractivity contribution in [2.24, 2.45) is 11.8 Å². The highest BCUT2D eigenvalue weighted by atomic mass is 15.0. The van der Waals surface area contributed by atoms with Crippen molar-refractivity contribution in [3.8, 4) is 6.07 Å². The van der Waals surface area contributed by atoms with Crippen LogP contribution in [-0.4, -0.2) is 6.04 Å². The number of hydrogen-bond acceptors (Lipinski definition) is 3. The maximum Gasteiger partial charge on any atom is 0.0992 e. The van der Waals surface area contributed by atoms with E-state index in [2.05, 4.69) is 25.2 Å². The Morgan fingerprint density at radius 3 is 2.83 bits per heavy atom. The molecule has 96 valence electrons. The lowest BCUT2D eigenvalue weighted by atomic mass is 9.93. The van der Waals surface area contributed by atoms with E-state index in [4.69, 9.17) is 11.0 Å². The molecule has 3 atom stereocenters. The third kappa shape index (κ3) is 2.43. The van der Waals surface area contributed by atoms with Crippen LogP contribution in [0.3, 0.4) is 0 Å². The van der Waals surface area contributed by atoms with Crippen LogP contribution in [0, 0.1) is 23.2 Å². The number of hydrogen-bond donors (Lipinski definition) is 2. The zero-order valence-corrected chi connectivity index (χ0v) is 11.1. The van der Waals surface area contributed by atoms with Crippen LogP contribution in [0.4, 0.5) is 11.4 Å². The zero-order valence-electron chi connectivity index (χ0n) is 11.1. The summed E-state index contributed by atoms with van der Waals surface area (Å²) in [6.07, 6.45) is 3.72. The number of nitrogens with one attached hydrogen (secondary N) is 1. The van der Waals surface area contributed by atoms with Crippen LogP contribution in [0.1, 0.15) is 38.7 Å². The van der Waals surface area contributed by atoms with E-state index in [1.165, 1.54) is 19.3 Å². The normalized spacial score (nSPS) is 26.8. The number of nitrogens with zero attached hydrogens (tertiary/aromatic N) is 1. The predicted molar refractivity (Wildman–Crippen MR) is 75.2 cm³/mol. The molecule has 3 unspecified atom stereocenters. The Morgan fingerprint density at radius 1 is 1.44 bits per heavy atom. The highest BCUT2D eigenvalue weighted by molar-refractivity contribution is 5.68. The summed E-state index contributed by atoms with van der Waals surface area (Å²) in [7, 11) is 0. The van der Waals surface area contributed by atoms with Crippen LogP contribution >= 0.6 is 0 Å². The van der Waals surface area contributed by atoms with Crippen molar-refractivity contribution in [1.82, 2.24) is 0 Å². The van der Waals surface area contributed by atoms with E-state index in [-0.39, 0.29) is 0 Å². The molecular formula is C15H21N3. The van der Waals surface area contributed by atoms with Gasteiger partial charge in [-0.05, 0) is 42.9 Å². The van der Waals surface area contributed by atoms with Gasteiger partial charge >= 0.3 is 0 Å². The Balaban J connectivity index is 2.13. The minimum absolute atomic E-state index is 0.478. The zero-order chi connectivity index (χ0) is 13.1. The number of rotatable bonds is 3. The Kier molecular flexibility index (Phi) is 3.76. The average Bonchev–Trinajstić information content (AvgIpc) is 2.73. The number of nitrogens with two attached hydrogens (primary N) is 1. The first-order valence-corrected chi connectivity index (χ1v) is 6.71. The van der Waals surface area contributed by atoms with E-state index in [0.29, 0.717) is 17.5 Å². The molecule has 1 aliphatic rings. The Morgan fingerprint density at radius 2 is 2.22 bits per heavy atom. The second-order valence-corrected chi connectivity index (χ2v) is 5.27. The van der Waals surface area contributed by atoms with Crippen molar-refractivity contribution in [2.75, 3.05) is 11.1 Å². The van der Waals surface area contributed by atoms with Gasteiger partial charge in [0, 0.05) is 6.04 Å². The van der Waals surface area contributed by atoms with Gasteiger partial charge in [-0.1, -0.05) is 20.3 Å². The predicted octanol–water partition coefficient (Wildman–Crippen LogP) is 3.38. The highest BCUT2D eigenvalue weighted by Gasteiger charge is 2.31. The van der Waals surface area contributed by atoms with E-state index < -0.39 is 0 Å². The summed E-state index contributed by atoms with van der Waals surface area (Å²) in [6.45, 7) is 4.57. The maximum absolute atomic E-state index is 8.93. The molecule has 1 aromatic rings. The third-order valence-corrected chi connectivity index (χ3v) is 4.27. The van der Waals surface area contributed by atoms with E-state index in [0.717, 1.165) is 17.3 Å². The Labute approximate surface area is 109 Å². The van der Waals surface area contributed by atoms with Gasteiger partial charge in [0.1, 0.15) is 0 Å². The first-order chi connectivity index (χ1) is 8.65. The van der Waals surface area contributed by atoms with Crippen LogP contribution in [-0.2, 0) is 0 Å². The summed E-state index contributed by atoms with van der Waals surface area (Å²) in [4.78, 5) is 0. The molecule has 0 aliphatic heterocycles. The lowest BCUT2D eigenvalue weighted by Gasteiger charge is -2.23. The number of nitrogen functional groups attached to an aromatic ring is 1. The van der Waals surface area contributed by atoms with Gasteiger partial charge in [0.25, 0.3) is 0 Å². The van der Waals surface area contributed by atoms with Gasteiger partial charge in [-0.2, -0.15) is 5.26 Å². The van der Waals surface area contributed by atoms with E-state index in [1.54, 1.807) is 12.1 Å². The number of benzene rings is 1. The van der Waals surface area contributed by atoms with Crippen molar-refractivity contribution in [3.63, 3.8) is 0 Å². The quantitative estimate of drug-likeness (QED) is 0.800. The fourth-order valence-corrected chi connectivity index (χ4v) is 2.98. The van der Waals surface area contributed by atoms with Crippen LogP contribution in [0.15, 0.2) is 18.2 Å². The molecule has 1 aromatic carbocycles. The summed E-state index contributed by atoms with van der Waals surface area (Å²) in [5, 5.41) is 12.4. The van der Waals surface area contributed by atoms with E-state index in [1.807, 2.05) is 6.07 Å². The molecule has 2 rings (SSSR count). The SMILES string of the molecule is CCC1CCC(Nc2cc(C#N)ccc2N)C1C. The van der Waals surface area contributed by atoms with Gasteiger partial charge in [0.15, 0.2) is 0 Å². The van der Waals surface area contributed by atoms with Gasteiger partial charge in [-0.15, -0.1) is 0 Å². The molecular weight excluding hydrogens is 222 g/mol. The molecule has 0 spiro atoms. The Hall–Kier alpha value is -1.69. The van der Waals surface area contributed by atoms with Gasteiger partial charge < -0.3 is 11.1 Å². The summed E-state index contributed by atoms with van der Waals surface area (Å²) < 4.78 is 0. The molecule has 0 bridgehead atoms.